The van der Waals surface area contributed by atoms with Crippen LogP contribution in [-0.2, 0) is 10.0 Å². The van der Waals surface area contributed by atoms with E-state index < -0.39 is 10.0 Å². The van der Waals surface area contributed by atoms with Gasteiger partial charge in [0, 0.05) is 38.8 Å². The number of hydrogen-bond donors (Lipinski definition) is 0. The first kappa shape index (κ1) is 22.7. The van der Waals surface area contributed by atoms with Crippen LogP contribution in [0.2, 0.25) is 0 Å². The van der Waals surface area contributed by atoms with Gasteiger partial charge in [-0.05, 0) is 54.7 Å². The molecular formula is C25H29N5O3S. The van der Waals surface area contributed by atoms with Crippen molar-refractivity contribution in [2.24, 2.45) is 11.8 Å². The van der Waals surface area contributed by atoms with Crippen LogP contribution in [0.15, 0.2) is 53.4 Å². The average molecular weight is 480 g/mol. The fourth-order valence-electron chi connectivity index (χ4n) is 4.95. The third kappa shape index (κ3) is 4.03. The Kier molecular flexibility index (Phi) is 5.77. The molecule has 0 radical (unpaired) electrons. The summed E-state index contributed by atoms with van der Waals surface area (Å²) in [6.45, 7) is 6.32. The molecule has 2 unspecified atom stereocenters. The number of likely N-dealkylation sites (N-methyl/N-ethyl adjacent to an activating group) is 1. The summed E-state index contributed by atoms with van der Waals surface area (Å²) in [6.07, 6.45) is 1.03. The van der Waals surface area contributed by atoms with Crippen molar-refractivity contribution in [1.82, 2.24) is 14.3 Å². The summed E-state index contributed by atoms with van der Waals surface area (Å²) < 4.78 is 28.0. The summed E-state index contributed by atoms with van der Waals surface area (Å²) in [4.78, 5) is 26.7. The zero-order valence-electron chi connectivity index (χ0n) is 19.7. The van der Waals surface area contributed by atoms with Crippen LogP contribution >= 0.6 is 0 Å². The zero-order valence-corrected chi connectivity index (χ0v) is 20.5. The fourth-order valence-corrected chi connectivity index (χ4v) is 6.63. The van der Waals surface area contributed by atoms with E-state index in [0.29, 0.717) is 55.2 Å². The summed E-state index contributed by atoms with van der Waals surface area (Å²) in [5.41, 5.74) is 1.92. The van der Waals surface area contributed by atoms with Crippen molar-refractivity contribution < 1.29 is 13.2 Å². The standard InChI is InChI=1S/C25H29N5O3S/c1-17-14-18(2)16-29(15-17)34(32,33)20-10-8-19(9-11-20)25(31)30-13-12-28(3)23-24(30)27-22-7-5-4-6-21(22)26-23/h4-11,17-18H,12-16H2,1-3H3. The highest BCUT2D eigenvalue weighted by atomic mass is 32.2. The lowest BCUT2D eigenvalue weighted by Crippen LogP contribution is -2.44. The van der Waals surface area contributed by atoms with Crippen LogP contribution in [-0.4, -0.2) is 61.8 Å². The lowest BCUT2D eigenvalue weighted by molar-refractivity contribution is 0.0985. The van der Waals surface area contributed by atoms with E-state index in [2.05, 4.69) is 13.8 Å². The molecule has 2 aromatic carbocycles. The SMILES string of the molecule is CC1CC(C)CN(S(=O)(=O)c2ccc(C(=O)N3CCN(C)c4nc5ccccc5nc43)cc2)C1. The zero-order chi connectivity index (χ0) is 24.0. The molecule has 1 aromatic heterocycles. The van der Waals surface area contributed by atoms with E-state index in [9.17, 15) is 13.2 Å². The van der Waals surface area contributed by atoms with Gasteiger partial charge in [0.05, 0.1) is 15.9 Å². The number of amides is 1. The second kappa shape index (κ2) is 8.63. The van der Waals surface area contributed by atoms with Gasteiger partial charge in [-0.25, -0.2) is 18.4 Å². The van der Waals surface area contributed by atoms with Crippen LogP contribution in [0.3, 0.4) is 0 Å². The van der Waals surface area contributed by atoms with Crippen molar-refractivity contribution in [3.8, 4) is 0 Å². The molecule has 178 valence electrons. The number of sulfonamides is 1. The normalized spacial score (nSPS) is 21.5. The lowest BCUT2D eigenvalue weighted by atomic mass is 9.94. The molecule has 5 rings (SSSR count). The smallest absolute Gasteiger partial charge is 0.259 e. The van der Waals surface area contributed by atoms with E-state index in [1.54, 1.807) is 21.3 Å². The Balaban J connectivity index is 1.43. The Morgan fingerprint density at radius 1 is 0.882 bits per heavy atom. The molecule has 8 nitrogen and oxygen atoms in total. The molecule has 1 saturated heterocycles. The molecular weight excluding hydrogens is 450 g/mol. The molecule has 2 atom stereocenters. The first-order valence-corrected chi connectivity index (χ1v) is 13.1. The summed E-state index contributed by atoms with van der Waals surface area (Å²) in [6, 6.07) is 13.9. The van der Waals surface area contributed by atoms with Gasteiger partial charge in [0.1, 0.15) is 0 Å². The van der Waals surface area contributed by atoms with Gasteiger partial charge in [-0.2, -0.15) is 4.31 Å². The Labute approximate surface area is 200 Å². The molecule has 9 heteroatoms. The second-order valence-corrected chi connectivity index (χ2v) is 11.5. The maximum absolute atomic E-state index is 13.4. The highest BCUT2D eigenvalue weighted by molar-refractivity contribution is 7.89. The van der Waals surface area contributed by atoms with Crippen molar-refractivity contribution in [3.63, 3.8) is 0 Å². The number of carbonyl (C=O) groups is 1. The maximum Gasteiger partial charge on any atom is 0.259 e. The number of hydrogen-bond acceptors (Lipinski definition) is 6. The average Bonchev–Trinajstić information content (AvgIpc) is 2.82. The van der Waals surface area contributed by atoms with Gasteiger partial charge in [0.2, 0.25) is 10.0 Å². The van der Waals surface area contributed by atoms with Crippen LogP contribution in [0, 0.1) is 11.8 Å². The minimum absolute atomic E-state index is 0.218. The number of para-hydroxylation sites is 2. The molecule has 0 saturated carbocycles. The van der Waals surface area contributed by atoms with E-state index in [1.807, 2.05) is 36.2 Å². The first-order valence-electron chi connectivity index (χ1n) is 11.6. The molecule has 34 heavy (non-hydrogen) atoms. The van der Waals surface area contributed by atoms with Crippen LogP contribution in [0.5, 0.6) is 0 Å². The number of anilines is 2. The quantitative estimate of drug-likeness (QED) is 0.572. The third-order valence-electron chi connectivity index (χ3n) is 6.63. The number of piperidine rings is 1. The summed E-state index contributed by atoms with van der Waals surface area (Å²) in [7, 11) is -1.66. The molecule has 2 aliphatic rings. The van der Waals surface area contributed by atoms with Crippen molar-refractivity contribution in [2.45, 2.75) is 25.2 Å². The van der Waals surface area contributed by atoms with E-state index >= 15 is 0 Å². The second-order valence-electron chi connectivity index (χ2n) is 9.53. The lowest BCUT2D eigenvalue weighted by Gasteiger charge is -2.34. The van der Waals surface area contributed by atoms with Crippen molar-refractivity contribution in [2.75, 3.05) is 43.0 Å². The number of aromatic nitrogens is 2. The van der Waals surface area contributed by atoms with Crippen LogP contribution < -0.4 is 9.80 Å². The van der Waals surface area contributed by atoms with Gasteiger partial charge < -0.3 is 4.90 Å². The molecule has 1 fully saturated rings. The van der Waals surface area contributed by atoms with E-state index in [1.165, 1.54) is 12.1 Å². The molecule has 0 N–H and O–H groups in total. The number of nitrogens with zero attached hydrogens (tertiary/aromatic N) is 5. The number of benzene rings is 2. The molecule has 2 aliphatic heterocycles. The van der Waals surface area contributed by atoms with Crippen LogP contribution in [0.4, 0.5) is 11.6 Å². The minimum atomic E-state index is -3.60. The van der Waals surface area contributed by atoms with Gasteiger partial charge in [0.15, 0.2) is 11.6 Å². The largest absolute Gasteiger partial charge is 0.355 e. The summed E-state index contributed by atoms with van der Waals surface area (Å²) in [5, 5.41) is 0. The molecule has 0 aliphatic carbocycles. The van der Waals surface area contributed by atoms with Crippen LogP contribution in [0.1, 0.15) is 30.6 Å². The molecule has 0 bridgehead atoms. The van der Waals surface area contributed by atoms with Crippen molar-refractivity contribution >= 4 is 38.6 Å². The van der Waals surface area contributed by atoms with E-state index in [4.69, 9.17) is 9.97 Å². The van der Waals surface area contributed by atoms with Gasteiger partial charge in [-0.15, -0.1) is 0 Å². The van der Waals surface area contributed by atoms with Gasteiger partial charge in [-0.1, -0.05) is 26.0 Å². The van der Waals surface area contributed by atoms with E-state index in [-0.39, 0.29) is 10.8 Å². The molecule has 3 heterocycles. The minimum Gasteiger partial charge on any atom is -0.355 e. The Bertz CT molecular complexity index is 1330. The highest BCUT2D eigenvalue weighted by Crippen LogP contribution is 2.32. The number of rotatable bonds is 3. The highest BCUT2D eigenvalue weighted by Gasteiger charge is 2.33. The molecule has 1 amide bonds. The summed E-state index contributed by atoms with van der Waals surface area (Å²) in [5.74, 6) is 1.61. The predicted octanol–water partition coefficient (Wildman–Crippen LogP) is 3.39. The van der Waals surface area contributed by atoms with Crippen molar-refractivity contribution in [3.05, 3.63) is 54.1 Å². The van der Waals surface area contributed by atoms with Crippen LogP contribution in [0.25, 0.3) is 11.0 Å². The Morgan fingerprint density at radius 2 is 1.47 bits per heavy atom. The topological polar surface area (TPSA) is 86.7 Å². The molecule has 3 aromatic rings. The fraction of sp³-hybridized carbons (Fsp3) is 0.400. The monoisotopic (exact) mass is 479 g/mol. The van der Waals surface area contributed by atoms with Gasteiger partial charge in [0.25, 0.3) is 5.91 Å². The predicted molar refractivity (Wildman–Crippen MR) is 133 cm³/mol. The number of fused-ring (bicyclic) bond motifs is 2. The molecule has 0 spiro atoms. The third-order valence-corrected chi connectivity index (χ3v) is 8.48. The van der Waals surface area contributed by atoms with Gasteiger partial charge in [-0.3, -0.25) is 9.69 Å². The number of carbonyl (C=O) groups excluding carboxylic acids is 1. The Morgan fingerprint density at radius 3 is 2.09 bits per heavy atom. The van der Waals surface area contributed by atoms with Gasteiger partial charge >= 0.3 is 0 Å². The van der Waals surface area contributed by atoms with Crippen molar-refractivity contribution in [1.29, 1.82) is 0 Å². The maximum atomic E-state index is 13.4. The first-order chi connectivity index (χ1) is 16.2. The summed E-state index contributed by atoms with van der Waals surface area (Å²) >= 11 is 0. The van der Waals surface area contributed by atoms with E-state index in [0.717, 1.165) is 17.5 Å². The Hall–Kier alpha value is -3.04.